The normalized spacial score (nSPS) is 20.9. The van der Waals surface area contributed by atoms with Gasteiger partial charge in [0.2, 0.25) is 0 Å². The van der Waals surface area contributed by atoms with Gasteiger partial charge in [-0.3, -0.25) is 9.89 Å². The zero-order valence-corrected chi connectivity index (χ0v) is 20.5. The molecule has 0 aromatic carbocycles. The Labute approximate surface area is 202 Å². The number of hydrogen-bond acceptors (Lipinski definition) is 5. The van der Waals surface area contributed by atoms with Gasteiger partial charge in [0.25, 0.3) is 0 Å². The van der Waals surface area contributed by atoms with Crippen LogP contribution in [0.15, 0.2) is 50.6 Å². The molecule has 2 unspecified atom stereocenters. The minimum atomic E-state index is 0. The first-order valence-corrected chi connectivity index (χ1v) is 11.3. The van der Waals surface area contributed by atoms with Crippen molar-refractivity contribution in [1.29, 1.82) is 0 Å². The number of halogens is 1. The Morgan fingerprint density at radius 3 is 2.61 bits per heavy atom. The van der Waals surface area contributed by atoms with E-state index in [1.165, 1.54) is 25.7 Å². The van der Waals surface area contributed by atoms with Crippen molar-refractivity contribution in [2.24, 2.45) is 4.99 Å². The second-order valence-electron chi connectivity index (χ2n) is 8.09. The van der Waals surface area contributed by atoms with Crippen molar-refractivity contribution in [1.82, 2.24) is 15.5 Å². The molecule has 0 radical (unpaired) electrons. The molecule has 2 fully saturated rings. The summed E-state index contributed by atoms with van der Waals surface area (Å²) in [6.45, 7) is 5.27. The summed E-state index contributed by atoms with van der Waals surface area (Å²) in [7, 11) is 0. The maximum atomic E-state index is 5.87. The molecule has 2 atom stereocenters. The van der Waals surface area contributed by atoms with Gasteiger partial charge in [-0.25, -0.2) is 0 Å². The van der Waals surface area contributed by atoms with Crippen LogP contribution in [0.3, 0.4) is 0 Å². The predicted molar refractivity (Wildman–Crippen MR) is 132 cm³/mol. The fourth-order valence-corrected chi connectivity index (χ4v) is 4.21. The van der Waals surface area contributed by atoms with E-state index in [2.05, 4.69) is 21.6 Å². The number of aliphatic imine (C=N–C) groups is 1. The summed E-state index contributed by atoms with van der Waals surface area (Å²) in [5.41, 5.74) is 0. The lowest BCUT2D eigenvalue weighted by molar-refractivity contribution is 0.0194. The minimum Gasteiger partial charge on any atom is -0.469 e. The molecule has 2 N–H and O–H groups in total. The molecular formula is C23H35IN4O3. The van der Waals surface area contributed by atoms with Crippen molar-refractivity contribution < 1.29 is 13.6 Å². The van der Waals surface area contributed by atoms with Crippen LogP contribution in [-0.2, 0) is 11.2 Å². The smallest absolute Gasteiger partial charge is 0.191 e. The maximum Gasteiger partial charge on any atom is 0.191 e. The molecule has 2 aliphatic rings. The number of guanidine groups is 1. The summed E-state index contributed by atoms with van der Waals surface area (Å²) >= 11 is 0. The van der Waals surface area contributed by atoms with E-state index >= 15 is 0 Å². The number of rotatable bonds is 9. The van der Waals surface area contributed by atoms with Crippen molar-refractivity contribution in [2.75, 3.05) is 39.3 Å². The summed E-state index contributed by atoms with van der Waals surface area (Å²) in [5.74, 6) is 2.79. The van der Waals surface area contributed by atoms with E-state index < -0.39 is 0 Å². The van der Waals surface area contributed by atoms with E-state index in [-0.39, 0.29) is 36.1 Å². The van der Waals surface area contributed by atoms with Gasteiger partial charge >= 0.3 is 0 Å². The van der Waals surface area contributed by atoms with E-state index in [0.717, 1.165) is 63.1 Å². The van der Waals surface area contributed by atoms with Crippen molar-refractivity contribution in [3.05, 3.63) is 48.3 Å². The molecule has 0 aliphatic carbocycles. The average Bonchev–Trinajstić information content (AvgIpc) is 3.56. The minimum absolute atomic E-state index is 0. The third-order valence-electron chi connectivity index (χ3n) is 5.89. The Bertz CT molecular complexity index is 739. The van der Waals surface area contributed by atoms with E-state index in [1.54, 1.807) is 12.5 Å². The lowest BCUT2D eigenvalue weighted by atomic mass is 10.1. The van der Waals surface area contributed by atoms with Gasteiger partial charge in [0, 0.05) is 26.1 Å². The highest BCUT2D eigenvalue weighted by Crippen LogP contribution is 2.25. The third kappa shape index (κ3) is 7.54. The molecule has 0 amide bonds. The molecular weight excluding hydrogens is 507 g/mol. The molecule has 172 valence electrons. The molecule has 31 heavy (non-hydrogen) atoms. The zero-order valence-electron chi connectivity index (χ0n) is 18.1. The summed E-state index contributed by atoms with van der Waals surface area (Å²) < 4.78 is 17.1. The Balaban J connectivity index is 0.00000272. The van der Waals surface area contributed by atoms with Gasteiger partial charge < -0.3 is 24.2 Å². The van der Waals surface area contributed by atoms with Crippen LogP contribution in [0.5, 0.6) is 0 Å². The standard InChI is InChI=1S/C23H34N4O3.HI/c1-4-14-29-20(7-1)17-25-23(24-11-10-19-8-5-15-28-19)26-18-21(22-9-6-16-30-22)27-12-2-3-13-27;/h5-6,8-9,15-16,20-21H,1-4,7,10-14,17-18H2,(H2,24,25,26);1H. The molecule has 0 spiro atoms. The molecule has 2 aromatic rings. The Hall–Kier alpha value is -1.52. The highest BCUT2D eigenvalue weighted by molar-refractivity contribution is 14.0. The molecule has 4 rings (SSSR count). The Morgan fingerprint density at radius 2 is 1.90 bits per heavy atom. The lowest BCUT2D eigenvalue weighted by Crippen LogP contribution is -2.43. The van der Waals surface area contributed by atoms with Gasteiger partial charge in [-0.15, -0.1) is 24.0 Å². The molecule has 0 bridgehead atoms. The van der Waals surface area contributed by atoms with Gasteiger partial charge in [0.1, 0.15) is 11.5 Å². The summed E-state index contributed by atoms with van der Waals surface area (Å²) in [6.07, 6.45) is 10.5. The van der Waals surface area contributed by atoms with E-state index in [4.69, 9.17) is 18.6 Å². The number of likely N-dealkylation sites (tertiary alicyclic amines) is 1. The fourth-order valence-electron chi connectivity index (χ4n) is 4.21. The Kier molecular flexibility index (Phi) is 10.2. The Morgan fingerprint density at radius 1 is 1.06 bits per heavy atom. The van der Waals surface area contributed by atoms with Gasteiger partial charge in [-0.1, -0.05) is 0 Å². The average molecular weight is 542 g/mol. The molecule has 0 saturated carbocycles. The first-order chi connectivity index (χ1) is 14.9. The molecule has 7 nitrogen and oxygen atoms in total. The second kappa shape index (κ2) is 13.1. The van der Waals surface area contributed by atoms with Crippen LogP contribution >= 0.6 is 24.0 Å². The fraction of sp³-hybridized carbons (Fsp3) is 0.609. The van der Waals surface area contributed by atoms with Crippen LogP contribution in [-0.4, -0.2) is 56.3 Å². The molecule has 2 aliphatic heterocycles. The van der Waals surface area contributed by atoms with Crippen molar-refractivity contribution in [3.8, 4) is 0 Å². The van der Waals surface area contributed by atoms with Crippen LogP contribution in [0.1, 0.15) is 49.7 Å². The number of hydrogen-bond donors (Lipinski definition) is 2. The summed E-state index contributed by atoms with van der Waals surface area (Å²) in [6, 6.07) is 8.13. The lowest BCUT2D eigenvalue weighted by Gasteiger charge is -2.26. The molecule has 2 saturated heterocycles. The van der Waals surface area contributed by atoms with Crippen LogP contribution < -0.4 is 10.6 Å². The second-order valence-corrected chi connectivity index (χ2v) is 8.09. The highest BCUT2D eigenvalue weighted by atomic mass is 127. The SMILES string of the molecule is I.c1coc(CCNC(=NCC(c2ccco2)N2CCCC2)NCC2CCCCO2)c1. The van der Waals surface area contributed by atoms with E-state index in [9.17, 15) is 0 Å². The van der Waals surface area contributed by atoms with Crippen molar-refractivity contribution >= 4 is 29.9 Å². The van der Waals surface area contributed by atoms with Gasteiger partial charge in [0.05, 0.1) is 31.2 Å². The summed E-state index contributed by atoms with van der Waals surface area (Å²) in [4.78, 5) is 7.41. The number of furan rings is 2. The third-order valence-corrected chi connectivity index (χ3v) is 5.89. The van der Waals surface area contributed by atoms with Crippen LogP contribution in [0.4, 0.5) is 0 Å². The van der Waals surface area contributed by atoms with Crippen molar-refractivity contribution in [3.63, 3.8) is 0 Å². The van der Waals surface area contributed by atoms with Crippen molar-refractivity contribution in [2.45, 2.75) is 50.7 Å². The topological polar surface area (TPSA) is 75.2 Å². The predicted octanol–water partition coefficient (Wildman–Crippen LogP) is 3.97. The van der Waals surface area contributed by atoms with Crippen LogP contribution in [0, 0.1) is 0 Å². The van der Waals surface area contributed by atoms with Crippen LogP contribution in [0.25, 0.3) is 0 Å². The highest BCUT2D eigenvalue weighted by Gasteiger charge is 2.25. The maximum absolute atomic E-state index is 5.87. The molecule has 8 heteroatoms. The monoisotopic (exact) mass is 542 g/mol. The largest absolute Gasteiger partial charge is 0.469 e. The number of ether oxygens (including phenoxy) is 1. The summed E-state index contributed by atoms with van der Waals surface area (Å²) in [5, 5.41) is 6.96. The van der Waals surface area contributed by atoms with Gasteiger partial charge in [-0.2, -0.15) is 0 Å². The van der Waals surface area contributed by atoms with Gasteiger partial charge in [-0.05, 0) is 69.5 Å². The van der Waals surface area contributed by atoms with Crippen LogP contribution in [0.2, 0.25) is 0 Å². The zero-order chi connectivity index (χ0) is 20.4. The van der Waals surface area contributed by atoms with Gasteiger partial charge in [0.15, 0.2) is 5.96 Å². The molecule has 2 aromatic heterocycles. The number of nitrogens with zero attached hydrogens (tertiary/aromatic N) is 2. The first-order valence-electron chi connectivity index (χ1n) is 11.3. The van der Waals surface area contributed by atoms with E-state index in [0.29, 0.717) is 6.54 Å². The molecule has 4 heterocycles. The van der Waals surface area contributed by atoms with E-state index in [1.807, 2.05) is 18.2 Å². The first kappa shape index (κ1) is 24.1. The quantitative estimate of drug-likeness (QED) is 0.284. The number of nitrogens with one attached hydrogen (secondary N) is 2.